The van der Waals surface area contributed by atoms with E-state index in [1.165, 1.54) is 12.1 Å². The van der Waals surface area contributed by atoms with E-state index < -0.39 is 5.82 Å². The number of hydrogen-bond acceptors (Lipinski definition) is 6. The molecule has 0 aliphatic carbocycles. The molecule has 2 aromatic carbocycles. The summed E-state index contributed by atoms with van der Waals surface area (Å²) in [6.45, 7) is 1.46. The van der Waals surface area contributed by atoms with Crippen LogP contribution in [0.15, 0.2) is 75.5 Å². The van der Waals surface area contributed by atoms with Gasteiger partial charge in [-0.15, -0.1) is 0 Å². The van der Waals surface area contributed by atoms with Gasteiger partial charge in [-0.3, -0.25) is 14.6 Å². The Balaban J connectivity index is 1.19. The normalized spacial score (nSPS) is 23.0. The molecule has 2 unspecified atom stereocenters. The van der Waals surface area contributed by atoms with Gasteiger partial charge in [0.15, 0.2) is 0 Å². The number of benzene rings is 2. The van der Waals surface area contributed by atoms with Crippen molar-refractivity contribution in [2.45, 2.75) is 24.9 Å². The number of dihydropyridines is 1. The van der Waals surface area contributed by atoms with Crippen LogP contribution in [0.1, 0.15) is 23.2 Å². The molecule has 38 heavy (non-hydrogen) atoms. The number of halogens is 2. The molecular formula is C28H28ClFN6O2. The minimum absolute atomic E-state index is 0.118. The van der Waals surface area contributed by atoms with Crippen molar-refractivity contribution in [3.8, 4) is 11.1 Å². The molecule has 3 aliphatic heterocycles. The van der Waals surface area contributed by atoms with Crippen molar-refractivity contribution in [1.29, 1.82) is 0 Å². The first-order chi connectivity index (χ1) is 18.3. The molecule has 196 valence electrons. The Bertz CT molecular complexity index is 1380. The maximum absolute atomic E-state index is 13.4. The average Bonchev–Trinajstić information content (AvgIpc) is 3.37. The maximum atomic E-state index is 13.4. The minimum Gasteiger partial charge on any atom is -0.383 e. The van der Waals surface area contributed by atoms with Gasteiger partial charge in [0.2, 0.25) is 0 Å². The van der Waals surface area contributed by atoms with Gasteiger partial charge in [0.05, 0.1) is 17.1 Å². The standard InChI is InChI=1S/C28H28ClFN6O2/c29-25-11-20(30)5-6-23(25)16-1-3-17(4-2-16)28(38)36-8-7-22(15-36)35-27(37)24-10-19(13-34-26(24)32)18-9-21(31)14-33-12-18/h1-6,9,11-13,19,21-22H,7-8,10,14-15,31-32H2,(H,35,37)/t19?,21?,22-/m1/s1. The van der Waals surface area contributed by atoms with E-state index in [2.05, 4.69) is 15.3 Å². The van der Waals surface area contributed by atoms with E-state index in [0.29, 0.717) is 54.2 Å². The molecule has 0 bridgehead atoms. The van der Waals surface area contributed by atoms with Crippen molar-refractivity contribution in [1.82, 2.24) is 10.2 Å². The quantitative estimate of drug-likeness (QED) is 0.545. The number of nitrogens with zero attached hydrogens (tertiary/aromatic N) is 3. The molecule has 0 aromatic heterocycles. The number of rotatable bonds is 5. The zero-order chi connectivity index (χ0) is 26.8. The Kier molecular flexibility index (Phi) is 7.40. The minimum atomic E-state index is -0.406. The van der Waals surface area contributed by atoms with Crippen LogP contribution in [0.25, 0.3) is 11.1 Å². The lowest BCUT2D eigenvalue weighted by Gasteiger charge is -2.24. The Morgan fingerprint density at radius 2 is 1.95 bits per heavy atom. The van der Waals surface area contributed by atoms with Gasteiger partial charge in [-0.2, -0.15) is 0 Å². The number of carbonyl (C=O) groups is 2. The van der Waals surface area contributed by atoms with Crippen molar-refractivity contribution in [2.24, 2.45) is 27.4 Å². The van der Waals surface area contributed by atoms with Gasteiger partial charge in [-0.05, 0) is 54.3 Å². The Hall–Kier alpha value is -3.82. The summed E-state index contributed by atoms with van der Waals surface area (Å²) in [5, 5.41) is 3.33. The molecule has 1 saturated heterocycles. The highest BCUT2D eigenvalue weighted by Gasteiger charge is 2.31. The number of likely N-dealkylation sites (tertiary alicyclic amines) is 1. The highest BCUT2D eigenvalue weighted by molar-refractivity contribution is 6.33. The van der Waals surface area contributed by atoms with Gasteiger partial charge in [-0.1, -0.05) is 29.8 Å². The first-order valence-electron chi connectivity index (χ1n) is 12.4. The zero-order valence-corrected chi connectivity index (χ0v) is 21.4. The van der Waals surface area contributed by atoms with E-state index in [0.717, 1.165) is 11.1 Å². The van der Waals surface area contributed by atoms with Crippen molar-refractivity contribution < 1.29 is 14.0 Å². The third-order valence-electron chi connectivity index (χ3n) is 6.98. The SMILES string of the molecule is NC1=C(C(=O)N[C@@H]2CCN(C(=O)c3ccc(-c4ccc(F)cc4Cl)cc3)C2)CC(C2=CC(N)CN=C2)C=N1. The fourth-order valence-corrected chi connectivity index (χ4v) is 5.19. The number of amides is 2. The summed E-state index contributed by atoms with van der Waals surface area (Å²) in [7, 11) is 0. The van der Waals surface area contributed by atoms with Crippen LogP contribution in [0.3, 0.4) is 0 Å². The second-order valence-electron chi connectivity index (χ2n) is 9.69. The summed E-state index contributed by atoms with van der Waals surface area (Å²) < 4.78 is 13.4. The zero-order valence-electron chi connectivity index (χ0n) is 20.6. The van der Waals surface area contributed by atoms with Crippen molar-refractivity contribution >= 4 is 35.8 Å². The Morgan fingerprint density at radius 3 is 2.68 bits per heavy atom. The molecule has 5 N–H and O–H groups in total. The molecule has 0 saturated carbocycles. The van der Waals surface area contributed by atoms with E-state index in [1.54, 1.807) is 47.7 Å². The predicted octanol–water partition coefficient (Wildman–Crippen LogP) is 3.08. The topological polar surface area (TPSA) is 126 Å². The fourth-order valence-electron chi connectivity index (χ4n) is 4.91. The molecule has 3 heterocycles. The lowest BCUT2D eigenvalue weighted by molar-refractivity contribution is -0.118. The molecule has 2 aromatic rings. The van der Waals surface area contributed by atoms with Crippen LogP contribution in [-0.2, 0) is 4.79 Å². The summed E-state index contributed by atoms with van der Waals surface area (Å²) in [6.07, 6.45) is 6.49. The predicted molar refractivity (Wildman–Crippen MR) is 147 cm³/mol. The number of hydrogen-bond donors (Lipinski definition) is 3. The Labute approximate surface area is 225 Å². The van der Waals surface area contributed by atoms with Crippen LogP contribution in [0.2, 0.25) is 5.02 Å². The van der Waals surface area contributed by atoms with E-state index >= 15 is 0 Å². The van der Waals surface area contributed by atoms with Crippen LogP contribution in [-0.4, -0.2) is 60.9 Å². The Morgan fingerprint density at radius 1 is 1.16 bits per heavy atom. The third kappa shape index (κ3) is 5.54. The lowest BCUT2D eigenvalue weighted by atomic mass is 9.89. The third-order valence-corrected chi connectivity index (χ3v) is 7.29. The first kappa shape index (κ1) is 25.8. The van der Waals surface area contributed by atoms with Gasteiger partial charge < -0.3 is 21.7 Å². The van der Waals surface area contributed by atoms with Gasteiger partial charge in [0.25, 0.3) is 11.8 Å². The average molecular weight is 535 g/mol. The molecule has 0 radical (unpaired) electrons. The summed E-state index contributed by atoms with van der Waals surface area (Å²) in [5.41, 5.74) is 15.4. The fraction of sp³-hybridized carbons (Fsp3) is 0.286. The molecule has 8 nitrogen and oxygen atoms in total. The lowest BCUT2D eigenvalue weighted by Crippen LogP contribution is -2.40. The molecule has 1 fully saturated rings. The summed E-state index contributed by atoms with van der Waals surface area (Å²) in [6, 6.07) is 10.9. The number of nitrogens with one attached hydrogen (secondary N) is 1. The highest BCUT2D eigenvalue weighted by atomic mass is 35.5. The maximum Gasteiger partial charge on any atom is 0.253 e. The summed E-state index contributed by atoms with van der Waals surface area (Å²) >= 11 is 6.16. The molecule has 0 spiro atoms. The molecule has 10 heteroatoms. The van der Waals surface area contributed by atoms with Crippen LogP contribution >= 0.6 is 11.6 Å². The van der Waals surface area contributed by atoms with Crippen LogP contribution in [0, 0.1) is 11.7 Å². The van der Waals surface area contributed by atoms with Gasteiger partial charge in [-0.25, -0.2) is 9.38 Å². The molecule has 3 aliphatic rings. The second kappa shape index (κ2) is 10.9. The molecule has 3 atom stereocenters. The number of allylic oxidation sites excluding steroid dienone is 1. The van der Waals surface area contributed by atoms with Crippen molar-refractivity contribution in [2.75, 3.05) is 19.6 Å². The number of nitrogens with two attached hydrogens (primary N) is 2. The molecule has 5 rings (SSSR count). The van der Waals surface area contributed by atoms with E-state index in [4.69, 9.17) is 23.1 Å². The summed E-state index contributed by atoms with van der Waals surface area (Å²) in [4.78, 5) is 36.4. The van der Waals surface area contributed by atoms with Crippen molar-refractivity contribution in [3.63, 3.8) is 0 Å². The van der Waals surface area contributed by atoms with E-state index in [9.17, 15) is 14.0 Å². The smallest absolute Gasteiger partial charge is 0.253 e. The highest BCUT2D eigenvalue weighted by Crippen LogP contribution is 2.29. The number of carbonyl (C=O) groups excluding carboxylic acids is 2. The van der Waals surface area contributed by atoms with Crippen LogP contribution in [0.5, 0.6) is 0 Å². The van der Waals surface area contributed by atoms with Gasteiger partial charge in [0.1, 0.15) is 11.6 Å². The second-order valence-corrected chi connectivity index (χ2v) is 10.1. The van der Waals surface area contributed by atoms with E-state index in [-0.39, 0.29) is 35.6 Å². The molecular weight excluding hydrogens is 507 g/mol. The summed E-state index contributed by atoms with van der Waals surface area (Å²) in [5.74, 6) is -0.727. The van der Waals surface area contributed by atoms with Crippen LogP contribution in [0.4, 0.5) is 4.39 Å². The van der Waals surface area contributed by atoms with Gasteiger partial charge >= 0.3 is 0 Å². The van der Waals surface area contributed by atoms with Gasteiger partial charge in [0, 0.05) is 54.6 Å². The van der Waals surface area contributed by atoms with E-state index in [1.807, 2.05) is 6.08 Å². The van der Waals surface area contributed by atoms with Crippen molar-refractivity contribution in [3.05, 3.63) is 81.9 Å². The molecule has 2 amide bonds. The largest absolute Gasteiger partial charge is 0.383 e. The van der Waals surface area contributed by atoms with Crippen LogP contribution < -0.4 is 16.8 Å². The monoisotopic (exact) mass is 534 g/mol. The first-order valence-corrected chi connectivity index (χ1v) is 12.8. The number of aliphatic imine (C=N–C) groups is 2.